The zero-order valence-corrected chi connectivity index (χ0v) is 10.9. The van der Waals surface area contributed by atoms with Gasteiger partial charge in [-0.05, 0) is 17.7 Å². The molecule has 1 heterocycles. The molecule has 18 heavy (non-hydrogen) atoms. The Morgan fingerprint density at radius 1 is 1.00 bits per heavy atom. The van der Waals surface area contributed by atoms with Gasteiger partial charge in [0, 0.05) is 11.9 Å². The molecule has 3 heteroatoms. The number of nitrogens with zero attached hydrogens (tertiary/aromatic N) is 1. The van der Waals surface area contributed by atoms with Crippen LogP contribution in [0.2, 0.25) is 0 Å². The van der Waals surface area contributed by atoms with Gasteiger partial charge in [0.15, 0.2) is 0 Å². The third kappa shape index (κ3) is 1.81. The molecule has 0 saturated heterocycles. The van der Waals surface area contributed by atoms with Crippen molar-refractivity contribution in [1.29, 1.82) is 0 Å². The van der Waals surface area contributed by atoms with Crippen molar-refractivity contribution in [3.63, 3.8) is 0 Å². The van der Waals surface area contributed by atoms with Gasteiger partial charge in [0.1, 0.15) is 5.25 Å². The number of anilines is 1. The number of para-hydroxylation sites is 1. The van der Waals surface area contributed by atoms with Crippen LogP contribution in [0.1, 0.15) is 10.8 Å². The maximum absolute atomic E-state index is 12.4. The van der Waals surface area contributed by atoms with Crippen LogP contribution in [0.4, 0.5) is 5.69 Å². The summed E-state index contributed by atoms with van der Waals surface area (Å²) in [5, 5.41) is -0.133. The van der Waals surface area contributed by atoms with E-state index in [4.69, 9.17) is 0 Å². The second-order valence-electron chi connectivity index (χ2n) is 4.27. The second-order valence-corrected chi connectivity index (χ2v) is 5.42. The van der Waals surface area contributed by atoms with E-state index in [1.54, 1.807) is 16.7 Å². The maximum atomic E-state index is 12.4. The molecule has 1 aliphatic heterocycles. The SMILES string of the molecule is CN1C(=O)C(c2ccccc2)Sc2ccccc21. The molecule has 0 saturated carbocycles. The summed E-state index contributed by atoms with van der Waals surface area (Å²) < 4.78 is 0. The molecule has 1 aliphatic rings. The first-order chi connectivity index (χ1) is 8.77. The molecule has 2 aromatic carbocycles. The normalized spacial score (nSPS) is 18.6. The number of rotatable bonds is 1. The average Bonchev–Trinajstić information content (AvgIpc) is 2.44. The molecule has 1 amide bonds. The van der Waals surface area contributed by atoms with Crippen LogP contribution >= 0.6 is 11.8 Å². The van der Waals surface area contributed by atoms with Gasteiger partial charge in [0.05, 0.1) is 5.69 Å². The highest BCUT2D eigenvalue weighted by molar-refractivity contribution is 8.00. The molecular formula is C15H13NOS. The van der Waals surface area contributed by atoms with E-state index in [1.807, 2.05) is 55.6 Å². The summed E-state index contributed by atoms with van der Waals surface area (Å²) in [6.45, 7) is 0. The lowest BCUT2D eigenvalue weighted by Gasteiger charge is -2.31. The summed E-state index contributed by atoms with van der Waals surface area (Å²) in [7, 11) is 1.84. The first-order valence-corrected chi connectivity index (χ1v) is 6.73. The Bertz CT molecular complexity index is 582. The molecule has 0 radical (unpaired) electrons. The minimum atomic E-state index is -0.133. The number of amides is 1. The van der Waals surface area contributed by atoms with Gasteiger partial charge in [-0.2, -0.15) is 0 Å². The number of hydrogen-bond acceptors (Lipinski definition) is 2. The molecule has 0 spiro atoms. The second kappa shape index (κ2) is 4.50. The molecule has 0 bridgehead atoms. The monoisotopic (exact) mass is 255 g/mol. The lowest BCUT2D eigenvalue weighted by molar-refractivity contribution is -0.118. The number of hydrogen-bond donors (Lipinski definition) is 0. The van der Waals surface area contributed by atoms with Crippen molar-refractivity contribution < 1.29 is 4.79 Å². The lowest BCUT2D eigenvalue weighted by atomic mass is 10.1. The van der Waals surface area contributed by atoms with Gasteiger partial charge >= 0.3 is 0 Å². The minimum Gasteiger partial charge on any atom is -0.313 e. The van der Waals surface area contributed by atoms with Crippen LogP contribution in [0.15, 0.2) is 59.5 Å². The van der Waals surface area contributed by atoms with E-state index in [9.17, 15) is 4.79 Å². The van der Waals surface area contributed by atoms with Crippen molar-refractivity contribution in [2.24, 2.45) is 0 Å². The fourth-order valence-electron chi connectivity index (χ4n) is 2.14. The average molecular weight is 255 g/mol. The predicted molar refractivity (Wildman–Crippen MR) is 74.9 cm³/mol. The van der Waals surface area contributed by atoms with E-state index in [1.165, 1.54) is 0 Å². The Balaban J connectivity index is 2.04. The van der Waals surface area contributed by atoms with Crippen LogP contribution in [0.3, 0.4) is 0 Å². The number of benzene rings is 2. The van der Waals surface area contributed by atoms with E-state index >= 15 is 0 Å². The fraction of sp³-hybridized carbons (Fsp3) is 0.133. The molecule has 0 N–H and O–H groups in total. The van der Waals surface area contributed by atoms with E-state index in [0.29, 0.717) is 0 Å². The summed E-state index contributed by atoms with van der Waals surface area (Å²) in [5.74, 6) is 0.143. The lowest BCUT2D eigenvalue weighted by Crippen LogP contribution is -2.33. The molecule has 1 atom stereocenters. The van der Waals surface area contributed by atoms with Crippen molar-refractivity contribution in [1.82, 2.24) is 0 Å². The number of likely N-dealkylation sites (N-methyl/N-ethyl adjacent to an activating group) is 1. The molecule has 0 fully saturated rings. The van der Waals surface area contributed by atoms with Gasteiger partial charge in [-0.1, -0.05) is 42.5 Å². The van der Waals surface area contributed by atoms with Crippen molar-refractivity contribution in [2.45, 2.75) is 10.1 Å². The Morgan fingerprint density at radius 2 is 1.67 bits per heavy atom. The third-order valence-electron chi connectivity index (χ3n) is 3.13. The topological polar surface area (TPSA) is 20.3 Å². The van der Waals surface area contributed by atoms with Crippen LogP contribution in [-0.4, -0.2) is 13.0 Å². The van der Waals surface area contributed by atoms with Crippen LogP contribution in [-0.2, 0) is 4.79 Å². The Labute approximate surface area is 111 Å². The third-order valence-corrected chi connectivity index (χ3v) is 4.44. The maximum Gasteiger partial charge on any atom is 0.244 e. The number of carbonyl (C=O) groups excluding carboxylic acids is 1. The largest absolute Gasteiger partial charge is 0.313 e. The molecule has 1 unspecified atom stereocenters. The van der Waals surface area contributed by atoms with Gasteiger partial charge in [0.2, 0.25) is 5.91 Å². The molecular weight excluding hydrogens is 242 g/mol. The Kier molecular flexibility index (Phi) is 2.84. The number of carbonyl (C=O) groups is 1. The van der Waals surface area contributed by atoms with Crippen molar-refractivity contribution >= 4 is 23.4 Å². The van der Waals surface area contributed by atoms with Gasteiger partial charge < -0.3 is 4.90 Å². The zero-order valence-electron chi connectivity index (χ0n) is 10.0. The van der Waals surface area contributed by atoms with Crippen molar-refractivity contribution in [3.05, 3.63) is 60.2 Å². The standard InChI is InChI=1S/C15H13NOS/c1-16-12-9-5-6-10-13(12)18-14(15(16)17)11-7-3-2-4-8-11/h2-10,14H,1H3. The highest BCUT2D eigenvalue weighted by Crippen LogP contribution is 2.45. The van der Waals surface area contributed by atoms with Crippen LogP contribution in [0.25, 0.3) is 0 Å². The summed E-state index contributed by atoms with van der Waals surface area (Å²) in [6, 6.07) is 18.0. The molecule has 3 rings (SSSR count). The van der Waals surface area contributed by atoms with Gasteiger partial charge in [-0.3, -0.25) is 4.79 Å². The summed E-state index contributed by atoms with van der Waals surface area (Å²) in [5.41, 5.74) is 2.06. The Hall–Kier alpha value is -1.74. The van der Waals surface area contributed by atoms with Gasteiger partial charge in [0.25, 0.3) is 0 Å². The first-order valence-electron chi connectivity index (χ1n) is 5.85. The van der Waals surface area contributed by atoms with Crippen molar-refractivity contribution in [2.75, 3.05) is 11.9 Å². The predicted octanol–water partition coefficient (Wildman–Crippen LogP) is 3.50. The molecule has 2 nitrogen and oxygen atoms in total. The van der Waals surface area contributed by atoms with E-state index in [0.717, 1.165) is 16.1 Å². The van der Waals surface area contributed by atoms with E-state index in [-0.39, 0.29) is 11.2 Å². The molecule has 0 aromatic heterocycles. The van der Waals surface area contributed by atoms with Crippen LogP contribution in [0.5, 0.6) is 0 Å². The molecule has 90 valence electrons. The van der Waals surface area contributed by atoms with Crippen molar-refractivity contribution in [3.8, 4) is 0 Å². The number of fused-ring (bicyclic) bond motifs is 1. The summed E-state index contributed by atoms with van der Waals surface area (Å²) in [4.78, 5) is 15.3. The quantitative estimate of drug-likeness (QED) is 0.777. The van der Waals surface area contributed by atoms with Gasteiger partial charge in [-0.25, -0.2) is 0 Å². The fourth-order valence-corrected chi connectivity index (χ4v) is 3.43. The van der Waals surface area contributed by atoms with Gasteiger partial charge in [-0.15, -0.1) is 11.8 Å². The van der Waals surface area contributed by atoms with Crippen LogP contribution in [0, 0.1) is 0 Å². The van der Waals surface area contributed by atoms with E-state index < -0.39 is 0 Å². The number of thioether (sulfide) groups is 1. The summed E-state index contributed by atoms with van der Waals surface area (Å²) >= 11 is 1.63. The zero-order chi connectivity index (χ0) is 12.5. The first kappa shape index (κ1) is 11.4. The smallest absolute Gasteiger partial charge is 0.244 e. The van der Waals surface area contributed by atoms with E-state index in [2.05, 4.69) is 6.07 Å². The van der Waals surface area contributed by atoms with Crippen LogP contribution < -0.4 is 4.90 Å². The summed E-state index contributed by atoms with van der Waals surface area (Å²) in [6.07, 6.45) is 0. The molecule has 2 aromatic rings. The highest BCUT2D eigenvalue weighted by atomic mass is 32.2. The minimum absolute atomic E-state index is 0.133. The Morgan fingerprint density at radius 3 is 2.44 bits per heavy atom. The highest BCUT2D eigenvalue weighted by Gasteiger charge is 2.31. The molecule has 0 aliphatic carbocycles.